The molecule has 1 aromatic carbocycles. The van der Waals surface area contributed by atoms with Crippen molar-refractivity contribution in [3.05, 3.63) is 42.0 Å². The Balaban J connectivity index is 1.80. The van der Waals surface area contributed by atoms with Gasteiger partial charge in [0, 0.05) is 13.1 Å². The van der Waals surface area contributed by atoms with E-state index in [9.17, 15) is 19.1 Å². The molecule has 1 atom stereocenters. The van der Waals surface area contributed by atoms with Crippen LogP contribution >= 0.6 is 0 Å². The van der Waals surface area contributed by atoms with Gasteiger partial charge in [0.05, 0.1) is 28.7 Å². The Morgan fingerprint density at radius 1 is 1.33 bits per heavy atom. The number of urea groups is 1. The second kappa shape index (κ2) is 7.38. The number of nitrogens with zero attached hydrogens (tertiary/aromatic N) is 3. The van der Waals surface area contributed by atoms with Crippen molar-refractivity contribution in [2.45, 2.75) is 33.1 Å². The van der Waals surface area contributed by atoms with E-state index in [-0.39, 0.29) is 18.4 Å². The van der Waals surface area contributed by atoms with Crippen molar-refractivity contribution in [1.82, 2.24) is 14.7 Å². The first-order valence-electron chi connectivity index (χ1n) is 8.96. The summed E-state index contributed by atoms with van der Waals surface area (Å²) in [6.07, 6.45) is 3.52. The summed E-state index contributed by atoms with van der Waals surface area (Å²) in [5.74, 6) is -1.22. The Hall–Kier alpha value is -2.90. The fraction of sp³-hybridized carbons (Fsp3) is 0.421. The van der Waals surface area contributed by atoms with Gasteiger partial charge in [-0.2, -0.15) is 5.10 Å². The van der Waals surface area contributed by atoms with E-state index in [4.69, 9.17) is 0 Å². The summed E-state index contributed by atoms with van der Waals surface area (Å²) < 4.78 is 14.9. The summed E-state index contributed by atoms with van der Waals surface area (Å²) in [5.41, 5.74) is 1.19. The van der Waals surface area contributed by atoms with Gasteiger partial charge < -0.3 is 15.3 Å². The normalized spacial score (nSPS) is 19.3. The second-order valence-electron chi connectivity index (χ2n) is 7.11. The third-order valence-electron chi connectivity index (χ3n) is 4.95. The highest BCUT2D eigenvalue weighted by molar-refractivity contribution is 5.91. The Morgan fingerprint density at radius 3 is 2.63 bits per heavy atom. The maximum Gasteiger partial charge on any atom is 0.321 e. The number of nitrogens with one attached hydrogen (secondary N) is 1. The van der Waals surface area contributed by atoms with Crippen molar-refractivity contribution in [2.24, 2.45) is 5.41 Å². The molecular formula is C19H23FN4O3. The Labute approximate surface area is 156 Å². The Kier molecular flexibility index (Phi) is 5.16. The fourth-order valence-electron chi connectivity index (χ4n) is 3.26. The number of aromatic nitrogens is 2. The first-order valence-corrected chi connectivity index (χ1v) is 8.96. The van der Waals surface area contributed by atoms with Crippen LogP contribution in [0.4, 0.5) is 14.9 Å². The number of hydrogen-bond acceptors (Lipinski definition) is 3. The lowest BCUT2D eigenvalue weighted by Gasteiger charge is -2.20. The quantitative estimate of drug-likeness (QED) is 0.841. The first kappa shape index (κ1) is 18.9. The molecule has 1 aliphatic heterocycles. The van der Waals surface area contributed by atoms with E-state index in [1.165, 1.54) is 17.0 Å². The number of amides is 2. The molecule has 1 fully saturated rings. The molecule has 3 rings (SSSR count). The number of hydrogen-bond donors (Lipinski definition) is 2. The fourth-order valence-corrected chi connectivity index (χ4v) is 3.26. The van der Waals surface area contributed by atoms with Crippen molar-refractivity contribution in [2.75, 3.05) is 18.4 Å². The van der Waals surface area contributed by atoms with Gasteiger partial charge in [0.15, 0.2) is 0 Å². The van der Waals surface area contributed by atoms with Gasteiger partial charge in [-0.15, -0.1) is 0 Å². The number of halogens is 1. The van der Waals surface area contributed by atoms with Crippen molar-refractivity contribution < 1.29 is 19.1 Å². The molecule has 2 amide bonds. The number of carbonyl (C=O) groups is 2. The molecule has 2 heterocycles. The molecule has 0 saturated carbocycles. The van der Waals surface area contributed by atoms with Crippen LogP contribution in [0.25, 0.3) is 5.69 Å². The van der Waals surface area contributed by atoms with Crippen LogP contribution in [-0.4, -0.2) is 44.9 Å². The average molecular weight is 374 g/mol. The molecule has 0 bridgehead atoms. The number of anilines is 1. The summed E-state index contributed by atoms with van der Waals surface area (Å²) in [6, 6.07) is 5.65. The largest absolute Gasteiger partial charge is 0.481 e. The van der Waals surface area contributed by atoms with Gasteiger partial charge in [-0.1, -0.05) is 13.3 Å². The van der Waals surface area contributed by atoms with E-state index in [0.29, 0.717) is 30.8 Å². The number of carboxylic acids is 1. The van der Waals surface area contributed by atoms with Crippen LogP contribution in [-0.2, 0) is 11.2 Å². The molecule has 144 valence electrons. The van der Waals surface area contributed by atoms with Crippen LogP contribution in [0.15, 0.2) is 30.5 Å². The maximum atomic E-state index is 13.2. The Morgan fingerprint density at radius 2 is 2.04 bits per heavy atom. The Bertz CT molecular complexity index is 849. The van der Waals surface area contributed by atoms with Crippen LogP contribution in [0.5, 0.6) is 0 Å². The summed E-state index contributed by atoms with van der Waals surface area (Å²) in [7, 11) is 0. The summed E-state index contributed by atoms with van der Waals surface area (Å²) in [4.78, 5) is 25.5. The minimum absolute atomic E-state index is 0.170. The van der Waals surface area contributed by atoms with Gasteiger partial charge in [-0.25, -0.2) is 13.9 Å². The molecule has 1 aliphatic rings. The molecule has 7 nitrogen and oxygen atoms in total. The molecule has 0 spiro atoms. The topological polar surface area (TPSA) is 87.5 Å². The van der Waals surface area contributed by atoms with Crippen molar-refractivity contribution in [3.8, 4) is 5.69 Å². The predicted molar refractivity (Wildman–Crippen MR) is 98.5 cm³/mol. The summed E-state index contributed by atoms with van der Waals surface area (Å²) in [5, 5.41) is 16.5. The lowest BCUT2D eigenvalue weighted by atomic mass is 9.90. The number of benzene rings is 1. The van der Waals surface area contributed by atoms with E-state index < -0.39 is 11.4 Å². The van der Waals surface area contributed by atoms with E-state index in [0.717, 1.165) is 12.1 Å². The highest BCUT2D eigenvalue weighted by Gasteiger charge is 2.42. The van der Waals surface area contributed by atoms with E-state index in [1.807, 2.05) is 6.92 Å². The predicted octanol–water partition coefficient (Wildman–Crippen LogP) is 3.29. The summed E-state index contributed by atoms with van der Waals surface area (Å²) in [6.45, 7) is 4.23. The zero-order valence-electron chi connectivity index (χ0n) is 15.4. The lowest BCUT2D eigenvalue weighted by Crippen LogP contribution is -2.37. The second-order valence-corrected chi connectivity index (χ2v) is 7.11. The number of likely N-dealkylation sites (tertiary alicyclic amines) is 1. The number of rotatable bonds is 5. The zero-order valence-corrected chi connectivity index (χ0v) is 15.4. The molecule has 2 N–H and O–H groups in total. The smallest absolute Gasteiger partial charge is 0.321 e. The SMILES string of the molecule is CCCc1c(NC(=O)N2CCC(C)(C(=O)O)C2)cnn1-c1ccc(F)cc1. The van der Waals surface area contributed by atoms with Crippen LogP contribution in [0.1, 0.15) is 32.4 Å². The van der Waals surface area contributed by atoms with Crippen molar-refractivity contribution >= 4 is 17.7 Å². The van der Waals surface area contributed by atoms with Crippen LogP contribution in [0, 0.1) is 11.2 Å². The summed E-state index contributed by atoms with van der Waals surface area (Å²) >= 11 is 0. The molecule has 8 heteroatoms. The van der Waals surface area contributed by atoms with Crippen molar-refractivity contribution in [3.63, 3.8) is 0 Å². The maximum absolute atomic E-state index is 13.2. The van der Waals surface area contributed by atoms with Gasteiger partial charge in [0.2, 0.25) is 0 Å². The highest BCUT2D eigenvalue weighted by atomic mass is 19.1. The average Bonchev–Trinajstić information content (AvgIpc) is 3.22. The molecule has 2 aromatic rings. The van der Waals surface area contributed by atoms with E-state index in [2.05, 4.69) is 10.4 Å². The van der Waals surface area contributed by atoms with Crippen LogP contribution < -0.4 is 5.32 Å². The van der Waals surface area contributed by atoms with E-state index in [1.54, 1.807) is 29.9 Å². The van der Waals surface area contributed by atoms with Gasteiger partial charge in [0.25, 0.3) is 0 Å². The monoisotopic (exact) mass is 374 g/mol. The zero-order chi connectivity index (χ0) is 19.6. The van der Waals surface area contributed by atoms with Gasteiger partial charge in [0.1, 0.15) is 5.82 Å². The number of aliphatic carboxylic acids is 1. The lowest BCUT2D eigenvalue weighted by molar-refractivity contribution is -0.146. The van der Waals surface area contributed by atoms with E-state index >= 15 is 0 Å². The molecule has 1 saturated heterocycles. The first-order chi connectivity index (χ1) is 12.8. The third kappa shape index (κ3) is 3.79. The van der Waals surface area contributed by atoms with Gasteiger partial charge in [-0.05, 0) is 44.0 Å². The van der Waals surface area contributed by atoms with Crippen molar-refractivity contribution in [1.29, 1.82) is 0 Å². The van der Waals surface area contributed by atoms with Crippen LogP contribution in [0.2, 0.25) is 0 Å². The minimum atomic E-state index is -0.915. The third-order valence-corrected chi connectivity index (χ3v) is 4.95. The van der Waals surface area contributed by atoms with Gasteiger partial charge >= 0.3 is 12.0 Å². The highest BCUT2D eigenvalue weighted by Crippen LogP contribution is 2.31. The molecule has 1 aromatic heterocycles. The number of carboxylic acid groups (broad SMARTS) is 1. The molecule has 27 heavy (non-hydrogen) atoms. The molecule has 0 radical (unpaired) electrons. The molecule has 1 unspecified atom stereocenters. The molecular weight excluding hydrogens is 351 g/mol. The molecule has 0 aliphatic carbocycles. The van der Waals surface area contributed by atoms with Gasteiger partial charge in [-0.3, -0.25) is 4.79 Å². The van der Waals surface area contributed by atoms with Crippen LogP contribution in [0.3, 0.4) is 0 Å². The number of carbonyl (C=O) groups excluding carboxylic acids is 1. The minimum Gasteiger partial charge on any atom is -0.481 e. The standard InChI is InChI=1S/C19H23FN4O3/c1-3-4-16-15(11-21-24(16)14-7-5-13(20)6-8-14)22-18(27)23-10-9-19(2,12-23)17(25)26/h5-8,11H,3-4,9-10,12H2,1-2H3,(H,22,27)(H,25,26).